The van der Waals surface area contributed by atoms with Gasteiger partial charge in [0.15, 0.2) is 0 Å². The summed E-state index contributed by atoms with van der Waals surface area (Å²) < 4.78 is 36.4. The van der Waals surface area contributed by atoms with Crippen LogP contribution in [0.15, 0.2) is 0 Å². The normalized spacial score (nSPS) is 11.3. The molecule has 0 aromatic heterocycles. The number of carbonyl (C=O) groups is 2. The van der Waals surface area contributed by atoms with E-state index < -0.39 is 31.1 Å². The molecule has 100 valence electrons. The number of rotatable bonds is 7. The summed E-state index contributed by atoms with van der Waals surface area (Å²) in [6, 6.07) is 0. The van der Waals surface area contributed by atoms with Gasteiger partial charge in [0.2, 0.25) is 5.91 Å². The van der Waals surface area contributed by atoms with Crippen molar-refractivity contribution in [2.24, 2.45) is 0 Å². The Hall–Kier alpha value is -1.27. The van der Waals surface area contributed by atoms with E-state index >= 15 is 0 Å². The molecule has 0 unspecified atom stereocenters. The lowest BCUT2D eigenvalue weighted by Crippen LogP contribution is -2.41. The summed E-state index contributed by atoms with van der Waals surface area (Å²) in [5, 5.41) is 8.44. The number of carboxylic acids is 1. The SMILES string of the molecule is CCCCCC(=O)N(CC(=O)O)CC(F)(F)F. The van der Waals surface area contributed by atoms with Crippen LogP contribution in [0, 0.1) is 0 Å². The lowest BCUT2D eigenvalue weighted by molar-refractivity contribution is -0.165. The molecular formula is C10H16F3NO3. The van der Waals surface area contributed by atoms with E-state index in [1.54, 1.807) is 0 Å². The average Bonchev–Trinajstić information content (AvgIpc) is 2.14. The quantitative estimate of drug-likeness (QED) is 0.708. The standard InChI is InChI=1S/C10H16F3NO3/c1-2-3-4-5-8(15)14(6-9(16)17)7-10(11,12)13/h2-7H2,1H3,(H,16,17). The molecule has 0 fully saturated rings. The van der Waals surface area contributed by atoms with Gasteiger partial charge in [-0.1, -0.05) is 19.8 Å². The molecule has 1 N–H and O–H groups in total. The van der Waals surface area contributed by atoms with Crippen molar-refractivity contribution in [3.63, 3.8) is 0 Å². The Morgan fingerprint density at radius 2 is 1.82 bits per heavy atom. The smallest absolute Gasteiger partial charge is 0.406 e. The Balaban J connectivity index is 4.35. The first-order valence-corrected chi connectivity index (χ1v) is 5.32. The van der Waals surface area contributed by atoms with E-state index in [4.69, 9.17) is 5.11 Å². The van der Waals surface area contributed by atoms with Crippen LogP contribution in [0.25, 0.3) is 0 Å². The van der Waals surface area contributed by atoms with Crippen LogP contribution in [-0.4, -0.2) is 41.1 Å². The van der Waals surface area contributed by atoms with Crippen LogP contribution >= 0.6 is 0 Å². The van der Waals surface area contributed by atoms with Crippen LogP contribution in [0.1, 0.15) is 32.6 Å². The van der Waals surface area contributed by atoms with E-state index in [0.717, 1.165) is 12.8 Å². The molecule has 17 heavy (non-hydrogen) atoms. The zero-order valence-electron chi connectivity index (χ0n) is 9.59. The Morgan fingerprint density at radius 1 is 1.24 bits per heavy atom. The molecule has 0 spiro atoms. The zero-order valence-corrected chi connectivity index (χ0v) is 9.59. The van der Waals surface area contributed by atoms with Gasteiger partial charge >= 0.3 is 12.1 Å². The van der Waals surface area contributed by atoms with Crippen molar-refractivity contribution in [2.45, 2.75) is 38.8 Å². The van der Waals surface area contributed by atoms with E-state index in [2.05, 4.69) is 0 Å². The molecule has 0 heterocycles. The maximum Gasteiger partial charge on any atom is 0.406 e. The van der Waals surface area contributed by atoms with Gasteiger partial charge in [-0.15, -0.1) is 0 Å². The van der Waals surface area contributed by atoms with Gasteiger partial charge < -0.3 is 10.0 Å². The Labute approximate surface area is 97.4 Å². The minimum atomic E-state index is -4.57. The number of hydrogen-bond donors (Lipinski definition) is 1. The zero-order chi connectivity index (χ0) is 13.5. The van der Waals surface area contributed by atoms with Gasteiger partial charge in [-0.2, -0.15) is 13.2 Å². The van der Waals surface area contributed by atoms with E-state index in [9.17, 15) is 22.8 Å². The molecule has 4 nitrogen and oxygen atoms in total. The van der Waals surface area contributed by atoms with E-state index in [1.807, 2.05) is 6.92 Å². The minimum Gasteiger partial charge on any atom is -0.480 e. The maximum atomic E-state index is 12.1. The molecule has 0 rings (SSSR count). The lowest BCUT2D eigenvalue weighted by Gasteiger charge is -2.22. The van der Waals surface area contributed by atoms with Gasteiger partial charge in [-0.05, 0) is 6.42 Å². The number of nitrogens with zero attached hydrogens (tertiary/aromatic N) is 1. The summed E-state index contributed by atoms with van der Waals surface area (Å²) in [6.07, 6.45) is -2.57. The molecule has 0 aliphatic carbocycles. The van der Waals surface area contributed by atoms with Gasteiger partial charge in [0.25, 0.3) is 0 Å². The van der Waals surface area contributed by atoms with Crippen molar-refractivity contribution < 1.29 is 27.9 Å². The summed E-state index contributed by atoms with van der Waals surface area (Å²) >= 11 is 0. The number of alkyl halides is 3. The first-order chi connectivity index (χ1) is 7.76. The molecular weight excluding hydrogens is 239 g/mol. The second-order valence-corrected chi connectivity index (χ2v) is 3.72. The van der Waals surface area contributed by atoms with Gasteiger partial charge in [-0.3, -0.25) is 9.59 Å². The van der Waals surface area contributed by atoms with Crippen LogP contribution in [0.5, 0.6) is 0 Å². The highest BCUT2D eigenvalue weighted by molar-refractivity contribution is 5.81. The van der Waals surface area contributed by atoms with Crippen LogP contribution in [0.4, 0.5) is 13.2 Å². The van der Waals surface area contributed by atoms with Crippen molar-refractivity contribution in [1.82, 2.24) is 4.90 Å². The predicted octanol–water partition coefficient (Wildman–Crippen LogP) is 2.04. The van der Waals surface area contributed by atoms with Gasteiger partial charge in [0.05, 0.1) is 0 Å². The number of amides is 1. The first-order valence-electron chi connectivity index (χ1n) is 5.32. The molecule has 1 amide bonds. The third kappa shape index (κ3) is 8.53. The molecule has 0 aliphatic rings. The number of aliphatic carboxylic acids is 1. The average molecular weight is 255 g/mol. The maximum absolute atomic E-state index is 12.1. The Kier molecular flexibility index (Phi) is 6.60. The molecule has 0 aliphatic heterocycles. The number of carbonyl (C=O) groups excluding carboxylic acids is 1. The number of unbranched alkanes of at least 4 members (excludes halogenated alkanes) is 2. The summed E-state index contributed by atoms with van der Waals surface area (Å²) in [5.74, 6) is -2.21. The van der Waals surface area contributed by atoms with Crippen LogP contribution in [0.2, 0.25) is 0 Å². The Bertz CT molecular complexity index is 266. The molecule has 0 saturated carbocycles. The molecule has 0 aromatic rings. The van der Waals surface area contributed by atoms with E-state index in [1.165, 1.54) is 0 Å². The van der Waals surface area contributed by atoms with Gasteiger partial charge in [0, 0.05) is 6.42 Å². The molecule has 0 radical (unpaired) electrons. The summed E-state index contributed by atoms with van der Waals surface area (Å²) in [6.45, 7) is -0.524. The summed E-state index contributed by atoms with van der Waals surface area (Å²) in [7, 11) is 0. The molecule has 0 aromatic carbocycles. The topological polar surface area (TPSA) is 57.6 Å². The fraction of sp³-hybridized carbons (Fsp3) is 0.800. The number of hydrogen-bond acceptors (Lipinski definition) is 2. The largest absolute Gasteiger partial charge is 0.480 e. The second-order valence-electron chi connectivity index (χ2n) is 3.72. The second kappa shape index (κ2) is 7.13. The van der Waals surface area contributed by atoms with Crippen molar-refractivity contribution >= 4 is 11.9 Å². The monoisotopic (exact) mass is 255 g/mol. The van der Waals surface area contributed by atoms with E-state index in [0.29, 0.717) is 11.3 Å². The van der Waals surface area contributed by atoms with Gasteiger partial charge in [-0.25, -0.2) is 0 Å². The molecule has 0 saturated heterocycles. The third-order valence-corrected chi connectivity index (χ3v) is 2.04. The highest BCUT2D eigenvalue weighted by Crippen LogP contribution is 2.17. The highest BCUT2D eigenvalue weighted by Gasteiger charge is 2.33. The molecule has 7 heteroatoms. The third-order valence-electron chi connectivity index (χ3n) is 2.04. The molecule has 0 bridgehead atoms. The predicted molar refractivity (Wildman–Crippen MR) is 54.4 cm³/mol. The van der Waals surface area contributed by atoms with Crippen molar-refractivity contribution in [2.75, 3.05) is 13.1 Å². The summed E-state index contributed by atoms with van der Waals surface area (Å²) in [5.41, 5.74) is 0. The Morgan fingerprint density at radius 3 is 2.24 bits per heavy atom. The van der Waals surface area contributed by atoms with Crippen molar-refractivity contribution in [3.8, 4) is 0 Å². The van der Waals surface area contributed by atoms with Crippen LogP contribution < -0.4 is 0 Å². The fourth-order valence-electron chi connectivity index (χ4n) is 1.30. The number of carboxylic acid groups (broad SMARTS) is 1. The van der Waals surface area contributed by atoms with Gasteiger partial charge in [0.1, 0.15) is 13.1 Å². The van der Waals surface area contributed by atoms with Crippen molar-refractivity contribution in [3.05, 3.63) is 0 Å². The first kappa shape index (κ1) is 15.7. The van der Waals surface area contributed by atoms with Crippen molar-refractivity contribution in [1.29, 1.82) is 0 Å². The number of halogens is 3. The lowest BCUT2D eigenvalue weighted by atomic mass is 10.2. The fourth-order valence-corrected chi connectivity index (χ4v) is 1.30. The van der Waals surface area contributed by atoms with Crippen LogP contribution in [0.3, 0.4) is 0 Å². The molecule has 0 atom stereocenters. The minimum absolute atomic E-state index is 0.0444. The highest BCUT2D eigenvalue weighted by atomic mass is 19.4. The summed E-state index contributed by atoms with van der Waals surface area (Å²) in [4.78, 5) is 22.1. The van der Waals surface area contributed by atoms with E-state index in [-0.39, 0.29) is 6.42 Å². The van der Waals surface area contributed by atoms with Crippen LogP contribution in [-0.2, 0) is 9.59 Å².